The Kier molecular flexibility index (Phi) is 2.90. The fourth-order valence-corrected chi connectivity index (χ4v) is 0.928. The molecule has 0 bridgehead atoms. The zero-order chi connectivity index (χ0) is 10.8. The molecule has 5 nitrogen and oxygen atoms in total. The number of rotatable bonds is 2. The molecule has 14 heavy (non-hydrogen) atoms. The highest BCUT2D eigenvalue weighted by atomic mass is 16.6. The minimum Gasteiger partial charge on any atom is -0.455 e. The van der Waals surface area contributed by atoms with E-state index >= 15 is 0 Å². The Morgan fingerprint density at radius 3 is 2.71 bits per heavy atom. The number of aromatic nitrogens is 2. The first-order valence-corrected chi connectivity index (χ1v) is 4.28. The molecule has 0 saturated heterocycles. The zero-order valence-corrected chi connectivity index (χ0v) is 8.46. The summed E-state index contributed by atoms with van der Waals surface area (Å²) < 4.78 is 5.06. The number of nitrogens with zero attached hydrogens (tertiary/aromatic N) is 1. The summed E-state index contributed by atoms with van der Waals surface area (Å²) in [5.74, 6) is -0.565. The summed E-state index contributed by atoms with van der Waals surface area (Å²) in [6, 6.07) is 0. The summed E-state index contributed by atoms with van der Waals surface area (Å²) in [5.41, 5.74) is -0.162. The lowest BCUT2D eigenvalue weighted by Crippen LogP contribution is -2.24. The van der Waals surface area contributed by atoms with Gasteiger partial charge in [-0.1, -0.05) is 0 Å². The lowest BCUT2D eigenvalue weighted by Gasteiger charge is -2.18. The third-order valence-electron chi connectivity index (χ3n) is 1.47. The summed E-state index contributed by atoms with van der Waals surface area (Å²) in [6.07, 6.45) is 1.41. The number of hydrogen-bond donors (Lipinski definition) is 1. The Morgan fingerprint density at radius 1 is 1.57 bits per heavy atom. The van der Waals surface area contributed by atoms with Gasteiger partial charge in [0.1, 0.15) is 12.2 Å². The molecule has 77 valence electrons. The third kappa shape index (κ3) is 2.56. The Morgan fingerprint density at radius 2 is 2.21 bits per heavy atom. The number of nitrogens with one attached hydrogen (secondary N) is 1. The van der Waals surface area contributed by atoms with Crippen LogP contribution >= 0.6 is 0 Å². The maximum Gasteiger partial charge on any atom is 0.359 e. The minimum absolute atomic E-state index is 0.0786. The van der Waals surface area contributed by atoms with E-state index in [4.69, 9.17) is 4.74 Å². The van der Waals surface area contributed by atoms with E-state index in [1.54, 1.807) is 20.8 Å². The van der Waals surface area contributed by atoms with Gasteiger partial charge in [0.2, 0.25) is 0 Å². The van der Waals surface area contributed by atoms with E-state index in [-0.39, 0.29) is 5.69 Å². The first kappa shape index (κ1) is 10.7. The van der Waals surface area contributed by atoms with Crippen molar-refractivity contribution in [2.24, 2.45) is 0 Å². The number of aromatic amines is 1. The number of ether oxygens (including phenoxy) is 1. The van der Waals surface area contributed by atoms with Crippen LogP contribution in [0.2, 0.25) is 0 Å². The number of hydrogen-bond acceptors (Lipinski definition) is 3. The van der Waals surface area contributed by atoms with Crippen LogP contribution in [0.5, 0.6) is 0 Å². The van der Waals surface area contributed by atoms with Crippen molar-refractivity contribution in [3.05, 3.63) is 17.5 Å². The van der Waals surface area contributed by atoms with Crippen LogP contribution in [0, 0.1) is 0 Å². The highest BCUT2D eigenvalue weighted by molar-refractivity contribution is 5.88. The largest absolute Gasteiger partial charge is 0.455 e. The summed E-state index contributed by atoms with van der Waals surface area (Å²) in [6.45, 7) is 4.79. The summed E-state index contributed by atoms with van der Waals surface area (Å²) >= 11 is 0. The average Bonchev–Trinajstić information content (AvgIpc) is 2.47. The van der Waals surface area contributed by atoms with Crippen molar-refractivity contribution in [1.82, 2.24) is 10.2 Å². The molecular weight excluding hydrogens is 184 g/mol. The van der Waals surface area contributed by atoms with Crippen molar-refractivity contribution in [3.8, 4) is 0 Å². The van der Waals surface area contributed by atoms with Gasteiger partial charge in [-0.25, -0.2) is 9.90 Å². The molecule has 0 saturated carbocycles. The Hall–Kier alpha value is -1.36. The van der Waals surface area contributed by atoms with Crippen LogP contribution in [-0.2, 0) is 16.5 Å². The molecule has 1 aromatic rings. The van der Waals surface area contributed by atoms with Gasteiger partial charge >= 0.3 is 5.97 Å². The van der Waals surface area contributed by atoms with Gasteiger partial charge in [-0.05, 0) is 20.8 Å². The lowest BCUT2D eigenvalue weighted by atomic mass is 10.2. The van der Waals surface area contributed by atoms with Crippen LogP contribution in [0.25, 0.3) is 0 Å². The number of esters is 1. The van der Waals surface area contributed by atoms with Gasteiger partial charge in [-0.3, -0.25) is 5.10 Å². The molecule has 0 fully saturated rings. The van der Waals surface area contributed by atoms with Gasteiger partial charge in [0, 0.05) is 11.8 Å². The normalized spacial score (nSPS) is 11.4. The van der Waals surface area contributed by atoms with Crippen molar-refractivity contribution in [1.29, 1.82) is 0 Å². The molecule has 0 amide bonds. The van der Waals surface area contributed by atoms with Crippen LogP contribution in [0.4, 0.5) is 0 Å². The molecule has 1 radical (unpaired) electrons. The van der Waals surface area contributed by atoms with E-state index in [9.17, 15) is 9.90 Å². The van der Waals surface area contributed by atoms with Gasteiger partial charge in [0.25, 0.3) is 0 Å². The Labute approximate surface area is 82.1 Å². The number of carbonyl (C=O) groups excluding carboxylic acids is 1. The molecule has 0 atom stereocenters. The monoisotopic (exact) mass is 197 g/mol. The molecular formula is C9H13N2O3. The second-order valence-electron chi connectivity index (χ2n) is 3.91. The quantitative estimate of drug-likeness (QED) is 0.726. The molecule has 5 heteroatoms. The van der Waals surface area contributed by atoms with Gasteiger partial charge in [-0.15, -0.1) is 0 Å². The first-order chi connectivity index (χ1) is 6.44. The molecule has 0 unspecified atom stereocenters. The van der Waals surface area contributed by atoms with Crippen LogP contribution < -0.4 is 0 Å². The van der Waals surface area contributed by atoms with Crippen molar-refractivity contribution >= 4 is 5.97 Å². The topological polar surface area (TPSA) is 74.9 Å². The van der Waals surface area contributed by atoms with E-state index < -0.39 is 18.2 Å². The lowest BCUT2D eigenvalue weighted by molar-refractivity contribution is 0.00585. The molecule has 1 aromatic heterocycles. The van der Waals surface area contributed by atoms with Crippen molar-refractivity contribution in [3.63, 3.8) is 0 Å². The van der Waals surface area contributed by atoms with Crippen LogP contribution in [0.3, 0.4) is 0 Å². The molecule has 1 heterocycles. The van der Waals surface area contributed by atoms with Gasteiger partial charge in [-0.2, -0.15) is 5.10 Å². The zero-order valence-electron chi connectivity index (χ0n) is 8.46. The van der Waals surface area contributed by atoms with Gasteiger partial charge in [0.15, 0.2) is 5.69 Å². The average molecular weight is 197 g/mol. The molecule has 0 aliphatic heterocycles. The van der Waals surface area contributed by atoms with Crippen LogP contribution in [-0.4, -0.2) is 21.8 Å². The van der Waals surface area contributed by atoms with Gasteiger partial charge in [0.05, 0.1) is 0 Å². The molecule has 1 rings (SSSR count). The predicted octanol–water partition coefficient (Wildman–Crippen LogP) is 1.30. The molecule has 0 aromatic carbocycles. The van der Waals surface area contributed by atoms with Crippen molar-refractivity contribution < 1.29 is 14.6 Å². The second kappa shape index (κ2) is 3.79. The fraction of sp³-hybridized carbons (Fsp3) is 0.556. The maximum atomic E-state index is 11.5. The van der Waals surface area contributed by atoms with E-state index in [0.717, 1.165) is 0 Å². The van der Waals surface area contributed by atoms with Crippen molar-refractivity contribution in [2.45, 2.75) is 33.0 Å². The highest BCUT2D eigenvalue weighted by Gasteiger charge is 2.22. The first-order valence-electron chi connectivity index (χ1n) is 4.28. The van der Waals surface area contributed by atoms with E-state index in [0.29, 0.717) is 5.56 Å². The molecule has 0 aliphatic rings. The molecule has 0 aliphatic carbocycles. The van der Waals surface area contributed by atoms with Gasteiger partial charge < -0.3 is 4.74 Å². The highest BCUT2D eigenvalue weighted by Crippen LogP contribution is 2.13. The van der Waals surface area contributed by atoms with E-state index in [1.165, 1.54) is 6.20 Å². The summed E-state index contributed by atoms with van der Waals surface area (Å²) in [5, 5.41) is 16.8. The summed E-state index contributed by atoms with van der Waals surface area (Å²) in [4.78, 5) is 11.5. The van der Waals surface area contributed by atoms with Crippen molar-refractivity contribution in [2.75, 3.05) is 0 Å². The Bertz CT molecular complexity index is 325. The van der Waals surface area contributed by atoms with E-state index in [2.05, 4.69) is 10.2 Å². The second-order valence-corrected chi connectivity index (χ2v) is 3.91. The third-order valence-corrected chi connectivity index (χ3v) is 1.47. The molecule has 1 N–H and O–H groups in total. The van der Waals surface area contributed by atoms with Crippen LogP contribution in [0.1, 0.15) is 36.8 Å². The fourth-order valence-electron chi connectivity index (χ4n) is 0.928. The number of H-pyrrole nitrogens is 1. The van der Waals surface area contributed by atoms with Crippen LogP contribution in [0.15, 0.2) is 6.20 Å². The molecule has 0 spiro atoms. The number of carbonyl (C=O) groups is 1. The summed E-state index contributed by atoms with van der Waals surface area (Å²) in [7, 11) is 0. The maximum absolute atomic E-state index is 11.5. The smallest absolute Gasteiger partial charge is 0.359 e. The van der Waals surface area contributed by atoms with E-state index in [1.807, 2.05) is 0 Å². The Balaban J connectivity index is 2.80. The minimum atomic E-state index is -0.573. The standard InChI is InChI=1S/C9H13N2O3/c1-9(2,3)14-8(13)7-6(5-12)4-10-11-7/h4H,5H2,1-3H3,(H,10,11). The SMILES string of the molecule is CC(C)(C)OC(=O)c1n[nH]cc1C[O]. The predicted molar refractivity (Wildman–Crippen MR) is 48.1 cm³/mol.